The van der Waals surface area contributed by atoms with Gasteiger partial charge >= 0.3 is 0 Å². The molecule has 4 heteroatoms. The summed E-state index contributed by atoms with van der Waals surface area (Å²) >= 11 is 0. The van der Waals surface area contributed by atoms with Crippen molar-refractivity contribution >= 4 is 17.3 Å². The molecule has 88 valence electrons. The van der Waals surface area contributed by atoms with E-state index in [1.807, 2.05) is 20.8 Å². The van der Waals surface area contributed by atoms with Gasteiger partial charge in [0.25, 0.3) is 0 Å². The van der Waals surface area contributed by atoms with Crippen molar-refractivity contribution < 1.29 is 9.53 Å². The first kappa shape index (κ1) is 12.4. The van der Waals surface area contributed by atoms with E-state index in [9.17, 15) is 4.79 Å². The quantitative estimate of drug-likeness (QED) is 0.754. The van der Waals surface area contributed by atoms with E-state index in [4.69, 9.17) is 10.5 Å². The number of rotatable bonds is 2. The topological polar surface area (TPSA) is 64.3 Å². The van der Waals surface area contributed by atoms with E-state index in [0.29, 0.717) is 17.1 Å². The van der Waals surface area contributed by atoms with Crippen molar-refractivity contribution in [3.63, 3.8) is 0 Å². The van der Waals surface area contributed by atoms with E-state index in [1.54, 1.807) is 25.3 Å². The van der Waals surface area contributed by atoms with Crippen LogP contribution in [0.1, 0.15) is 20.8 Å². The molecule has 1 amide bonds. The molecule has 0 spiro atoms. The van der Waals surface area contributed by atoms with Crippen molar-refractivity contribution in [1.29, 1.82) is 0 Å². The van der Waals surface area contributed by atoms with Crippen LogP contribution in [0.2, 0.25) is 0 Å². The standard InChI is InChI=1S/C12H18N2O2/c1-12(2,3)11(15)14-10-6-5-8(16-4)7-9(10)13/h5-7H,13H2,1-4H3,(H,14,15). The molecule has 3 N–H and O–H groups in total. The molecular weight excluding hydrogens is 204 g/mol. The van der Waals surface area contributed by atoms with E-state index >= 15 is 0 Å². The van der Waals surface area contributed by atoms with Gasteiger partial charge in [0, 0.05) is 11.5 Å². The van der Waals surface area contributed by atoms with Crippen LogP contribution in [0.25, 0.3) is 0 Å². The number of ether oxygens (including phenoxy) is 1. The number of anilines is 2. The fourth-order valence-electron chi connectivity index (χ4n) is 1.09. The van der Waals surface area contributed by atoms with Gasteiger partial charge < -0.3 is 15.8 Å². The number of hydrogen-bond donors (Lipinski definition) is 2. The number of nitrogen functional groups attached to an aromatic ring is 1. The zero-order chi connectivity index (χ0) is 12.3. The normalized spacial score (nSPS) is 11.0. The molecule has 0 fully saturated rings. The minimum Gasteiger partial charge on any atom is -0.497 e. The molecule has 0 unspecified atom stereocenters. The Morgan fingerprint density at radius 3 is 2.44 bits per heavy atom. The van der Waals surface area contributed by atoms with E-state index in [1.165, 1.54) is 0 Å². The van der Waals surface area contributed by atoms with Gasteiger partial charge in [0.15, 0.2) is 0 Å². The number of methoxy groups -OCH3 is 1. The third-order valence-corrected chi connectivity index (χ3v) is 2.19. The average molecular weight is 222 g/mol. The van der Waals surface area contributed by atoms with Crippen molar-refractivity contribution in [3.8, 4) is 5.75 Å². The second-order valence-electron chi connectivity index (χ2n) is 4.66. The average Bonchev–Trinajstić information content (AvgIpc) is 2.19. The molecule has 0 aliphatic heterocycles. The Balaban J connectivity index is 2.87. The number of benzene rings is 1. The first-order valence-corrected chi connectivity index (χ1v) is 5.09. The molecule has 4 nitrogen and oxygen atoms in total. The highest BCUT2D eigenvalue weighted by molar-refractivity contribution is 5.97. The van der Waals surface area contributed by atoms with Crippen LogP contribution in [0.5, 0.6) is 5.75 Å². The molecule has 0 aromatic heterocycles. The van der Waals surface area contributed by atoms with E-state index < -0.39 is 5.41 Å². The second-order valence-corrected chi connectivity index (χ2v) is 4.66. The number of amides is 1. The minimum atomic E-state index is -0.438. The summed E-state index contributed by atoms with van der Waals surface area (Å²) in [6, 6.07) is 5.17. The summed E-state index contributed by atoms with van der Waals surface area (Å²) in [5, 5.41) is 2.78. The zero-order valence-corrected chi connectivity index (χ0v) is 10.1. The van der Waals surface area contributed by atoms with E-state index in [2.05, 4.69) is 5.32 Å². The summed E-state index contributed by atoms with van der Waals surface area (Å²) in [6.07, 6.45) is 0. The number of hydrogen-bond acceptors (Lipinski definition) is 3. The van der Waals surface area contributed by atoms with Crippen LogP contribution in [0.15, 0.2) is 18.2 Å². The third-order valence-electron chi connectivity index (χ3n) is 2.19. The molecule has 1 aromatic carbocycles. The highest BCUT2D eigenvalue weighted by Gasteiger charge is 2.21. The molecule has 0 aliphatic rings. The maximum absolute atomic E-state index is 11.7. The zero-order valence-electron chi connectivity index (χ0n) is 10.1. The number of carbonyl (C=O) groups is 1. The van der Waals surface area contributed by atoms with Gasteiger partial charge in [-0.25, -0.2) is 0 Å². The van der Waals surface area contributed by atoms with Gasteiger partial charge in [-0.2, -0.15) is 0 Å². The summed E-state index contributed by atoms with van der Waals surface area (Å²) in [4.78, 5) is 11.7. The molecule has 0 saturated heterocycles. The van der Waals surface area contributed by atoms with Crippen LogP contribution in [-0.2, 0) is 4.79 Å². The summed E-state index contributed by atoms with van der Waals surface area (Å²) < 4.78 is 5.03. The van der Waals surface area contributed by atoms with Gasteiger partial charge in [-0.05, 0) is 12.1 Å². The fourth-order valence-corrected chi connectivity index (χ4v) is 1.09. The molecule has 1 rings (SSSR count). The number of nitrogens with two attached hydrogens (primary N) is 1. The predicted molar refractivity (Wildman–Crippen MR) is 65.5 cm³/mol. The lowest BCUT2D eigenvalue weighted by Gasteiger charge is -2.18. The van der Waals surface area contributed by atoms with Gasteiger partial charge in [0.2, 0.25) is 5.91 Å². The lowest BCUT2D eigenvalue weighted by Crippen LogP contribution is -2.27. The first-order valence-electron chi connectivity index (χ1n) is 5.09. The molecule has 0 heterocycles. The third kappa shape index (κ3) is 2.89. The molecule has 0 atom stereocenters. The van der Waals surface area contributed by atoms with Gasteiger partial charge in [-0.3, -0.25) is 4.79 Å². The molecule has 0 bridgehead atoms. The van der Waals surface area contributed by atoms with Gasteiger partial charge in [-0.1, -0.05) is 20.8 Å². The smallest absolute Gasteiger partial charge is 0.229 e. The van der Waals surface area contributed by atoms with E-state index in [0.717, 1.165) is 0 Å². The number of carbonyl (C=O) groups excluding carboxylic acids is 1. The van der Waals surface area contributed by atoms with E-state index in [-0.39, 0.29) is 5.91 Å². The van der Waals surface area contributed by atoms with Gasteiger partial charge in [0.05, 0.1) is 18.5 Å². The summed E-state index contributed by atoms with van der Waals surface area (Å²) in [7, 11) is 1.57. The maximum atomic E-state index is 11.7. The Labute approximate surface area is 95.8 Å². The summed E-state index contributed by atoms with van der Waals surface area (Å²) in [5.74, 6) is 0.607. The van der Waals surface area contributed by atoms with Crippen molar-refractivity contribution in [2.24, 2.45) is 5.41 Å². The molecule has 0 saturated carbocycles. The Hall–Kier alpha value is -1.71. The summed E-state index contributed by atoms with van der Waals surface area (Å²) in [5.41, 5.74) is 6.46. The summed E-state index contributed by atoms with van der Waals surface area (Å²) in [6.45, 7) is 5.55. The Morgan fingerprint density at radius 1 is 1.38 bits per heavy atom. The van der Waals surface area contributed by atoms with Crippen LogP contribution in [0.3, 0.4) is 0 Å². The Morgan fingerprint density at radius 2 is 2.00 bits per heavy atom. The first-order chi connectivity index (χ1) is 7.34. The molecular formula is C12H18N2O2. The Kier molecular flexibility index (Phi) is 3.42. The molecule has 1 aromatic rings. The highest BCUT2D eigenvalue weighted by Crippen LogP contribution is 2.26. The Bertz CT molecular complexity index is 394. The van der Waals surface area contributed by atoms with Crippen LogP contribution in [-0.4, -0.2) is 13.0 Å². The maximum Gasteiger partial charge on any atom is 0.229 e. The highest BCUT2D eigenvalue weighted by atomic mass is 16.5. The van der Waals surface area contributed by atoms with Crippen LogP contribution in [0, 0.1) is 5.41 Å². The molecule has 0 aliphatic carbocycles. The minimum absolute atomic E-state index is 0.0654. The van der Waals surface area contributed by atoms with Gasteiger partial charge in [-0.15, -0.1) is 0 Å². The predicted octanol–water partition coefficient (Wildman–Crippen LogP) is 2.26. The van der Waals surface area contributed by atoms with Crippen LogP contribution >= 0.6 is 0 Å². The lowest BCUT2D eigenvalue weighted by molar-refractivity contribution is -0.123. The SMILES string of the molecule is COc1ccc(NC(=O)C(C)(C)C)c(N)c1. The van der Waals surface area contributed by atoms with Crippen molar-refractivity contribution in [1.82, 2.24) is 0 Å². The van der Waals surface area contributed by atoms with Crippen molar-refractivity contribution in [2.75, 3.05) is 18.2 Å². The van der Waals surface area contributed by atoms with Crippen LogP contribution in [0.4, 0.5) is 11.4 Å². The lowest BCUT2D eigenvalue weighted by atomic mass is 9.95. The van der Waals surface area contributed by atoms with Crippen molar-refractivity contribution in [3.05, 3.63) is 18.2 Å². The monoisotopic (exact) mass is 222 g/mol. The largest absolute Gasteiger partial charge is 0.497 e. The van der Waals surface area contributed by atoms with Crippen molar-refractivity contribution in [2.45, 2.75) is 20.8 Å². The second kappa shape index (κ2) is 4.43. The van der Waals surface area contributed by atoms with Gasteiger partial charge in [0.1, 0.15) is 5.75 Å². The molecule has 16 heavy (non-hydrogen) atoms. The van der Waals surface area contributed by atoms with Crippen LogP contribution < -0.4 is 15.8 Å². The molecule has 0 radical (unpaired) electrons. The fraction of sp³-hybridized carbons (Fsp3) is 0.417. The number of nitrogens with one attached hydrogen (secondary N) is 1.